The number of aliphatic carboxylic acids is 3. The highest BCUT2D eigenvalue weighted by Gasteiger charge is 1.89. The molecule has 0 aromatic carbocycles. The average molecular weight is 177 g/mol. The van der Waals surface area contributed by atoms with E-state index in [9.17, 15) is 9.90 Å². The first kappa shape index (κ1) is 13.0. The minimum absolute atomic E-state index is 1.13. The summed E-state index contributed by atoms with van der Waals surface area (Å²) in [5.41, 5.74) is 0. The molecule has 70 valence electrons. The van der Waals surface area contributed by atoms with Gasteiger partial charge in [-0.3, -0.25) is 0 Å². The number of carboxylic acids is 3. The fraction of sp³-hybridized carbons (Fsp3) is 0.400. The van der Waals surface area contributed by atoms with Crippen LogP contribution in [0.1, 0.15) is 6.92 Å². The Kier molecular flexibility index (Phi) is 6.61. The number of rotatable bonds is 1. The third kappa shape index (κ3) is 11.2. The van der Waals surface area contributed by atoms with Crippen molar-refractivity contribution in [1.29, 1.82) is 0 Å². The summed E-state index contributed by atoms with van der Waals surface area (Å²) >= 11 is 0. The zero-order valence-electron chi connectivity index (χ0n) is 5.97. The highest BCUT2D eigenvalue weighted by atomic mass is 16.4. The Morgan fingerprint density at radius 1 is 1.08 bits per heavy atom. The van der Waals surface area contributed by atoms with Crippen molar-refractivity contribution in [2.45, 2.75) is 13.0 Å². The van der Waals surface area contributed by atoms with Gasteiger partial charge in [0.05, 0.1) is 24.0 Å². The first-order chi connectivity index (χ1) is 5.29. The van der Waals surface area contributed by atoms with Crippen molar-refractivity contribution in [2.24, 2.45) is 0 Å². The summed E-state index contributed by atoms with van der Waals surface area (Å²) < 4.78 is 0. The standard InChI is InChI=1S/C3H6O3.C2H2O4/c1-2(4)3(5)6;3-1(4)2(5)6/h2,4H,1H3,(H,5,6);(H,3,4)(H,5,6)/p-3. The van der Waals surface area contributed by atoms with Crippen molar-refractivity contribution in [1.82, 2.24) is 0 Å². The third-order valence-corrected chi connectivity index (χ3v) is 0.508. The van der Waals surface area contributed by atoms with E-state index in [1.165, 1.54) is 0 Å². The summed E-state index contributed by atoms with van der Waals surface area (Å²) in [6.07, 6.45) is -1.34. The highest BCUT2D eigenvalue weighted by molar-refractivity contribution is 6.25. The van der Waals surface area contributed by atoms with Gasteiger partial charge < -0.3 is 34.8 Å². The molecule has 1 N–H and O–H groups in total. The van der Waals surface area contributed by atoms with E-state index >= 15 is 0 Å². The van der Waals surface area contributed by atoms with Crippen LogP contribution in [0.2, 0.25) is 0 Å². The Balaban J connectivity index is 0. The molecule has 0 aromatic rings. The van der Waals surface area contributed by atoms with Crippen LogP contribution in [0.4, 0.5) is 0 Å². The van der Waals surface area contributed by atoms with E-state index in [2.05, 4.69) is 0 Å². The number of hydrogen-bond donors (Lipinski definition) is 1. The van der Waals surface area contributed by atoms with Crippen molar-refractivity contribution < 1.29 is 34.8 Å². The van der Waals surface area contributed by atoms with E-state index in [1.807, 2.05) is 0 Å². The maximum Gasteiger partial charge on any atom is 0.0905 e. The summed E-state index contributed by atoms with van der Waals surface area (Å²) in [5, 5.41) is 35.2. The molecule has 0 heterocycles. The van der Waals surface area contributed by atoms with Crippen molar-refractivity contribution in [3.63, 3.8) is 0 Å². The fourth-order valence-electron chi connectivity index (χ4n) is 0. The van der Waals surface area contributed by atoms with Crippen LogP contribution < -0.4 is 15.3 Å². The van der Waals surface area contributed by atoms with Crippen LogP contribution in [-0.4, -0.2) is 29.1 Å². The molecule has 1 unspecified atom stereocenters. The topological polar surface area (TPSA) is 141 Å². The second kappa shape index (κ2) is 6.10. The maximum absolute atomic E-state index is 9.34. The second-order valence-corrected chi connectivity index (χ2v) is 1.57. The van der Waals surface area contributed by atoms with E-state index in [0.717, 1.165) is 6.92 Å². The van der Waals surface area contributed by atoms with Crippen LogP contribution >= 0.6 is 0 Å². The normalized spacial score (nSPS) is 10.5. The van der Waals surface area contributed by atoms with Crippen LogP contribution in [0.25, 0.3) is 0 Å². The number of aliphatic hydroxyl groups is 1. The van der Waals surface area contributed by atoms with Gasteiger partial charge >= 0.3 is 0 Å². The predicted octanol–water partition coefficient (Wildman–Crippen LogP) is -5.40. The Bertz CT molecular complexity index is 170. The molecule has 0 aliphatic carbocycles. The highest BCUT2D eigenvalue weighted by Crippen LogP contribution is 1.69. The molecule has 0 fully saturated rings. The molecular formula is C5H5O7-3. The van der Waals surface area contributed by atoms with Gasteiger partial charge in [0.2, 0.25) is 0 Å². The number of aliphatic hydroxyl groups excluding tert-OH is 1. The molecule has 0 spiro atoms. The summed E-state index contributed by atoms with van der Waals surface area (Å²) in [7, 11) is 0. The number of carboxylic acid groups (broad SMARTS) is 3. The minimum atomic E-state index is -2.19. The molecule has 0 saturated heterocycles. The molecule has 0 saturated carbocycles. The first-order valence-electron chi connectivity index (χ1n) is 2.60. The van der Waals surface area contributed by atoms with E-state index in [-0.39, 0.29) is 0 Å². The van der Waals surface area contributed by atoms with Gasteiger partial charge in [-0.2, -0.15) is 0 Å². The lowest BCUT2D eigenvalue weighted by Gasteiger charge is -2.00. The zero-order valence-corrected chi connectivity index (χ0v) is 5.97. The van der Waals surface area contributed by atoms with Gasteiger partial charge in [0.15, 0.2) is 0 Å². The molecule has 0 rings (SSSR count). The second-order valence-electron chi connectivity index (χ2n) is 1.57. The Hall–Kier alpha value is -1.63. The number of carbonyl (C=O) groups excluding carboxylic acids is 3. The van der Waals surface area contributed by atoms with Gasteiger partial charge in [0.25, 0.3) is 0 Å². The van der Waals surface area contributed by atoms with Crippen LogP contribution in [0, 0.1) is 0 Å². The largest absolute Gasteiger partial charge is 0.547 e. The van der Waals surface area contributed by atoms with E-state index in [4.69, 9.17) is 24.9 Å². The van der Waals surface area contributed by atoms with E-state index < -0.39 is 24.0 Å². The average Bonchev–Trinajstić information content (AvgIpc) is 1.88. The van der Waals surface area contributed by atoms with Gasteiger partial charge in [-0.05, 0) is 6.92 Å². The van der Waals surface area contributed by atoms with Gasteiger partial charge in [-0.15, -0.1) is 0 Å². The van der Waals surface area contributed by atoms with E-state index in [0.29, 0.717) is 0 Å². The molecule has 0 aliphatic heterocycles. The van der Waals surface area contributed by atoms with Gasteiger partial charge in [-0.25, -0.2) is 0 Å². The van der Waals surface area contributed by atoms with Gasteiger partial charge in [0.1, 0.15) is 0 Å². The van der Waals surface area contributed by atoms with Crippen LogP contribution in [0.5, 0.6) is 0 Å². The third-order valence-electron chi connectivity index (χ3n) is 0.508. The molecule has 0 bridgehead atoms. The maximum atomic E-state index is 9.34. The van der Waals surface area contributed by atoms with E-state index in [1.54, 1.807) is 0 Å². The smallest absolute Gasteiger partial charge is 0.0905 e. The summed E-state index contributed by atoms with van der Waals surface area (Å²) in [5.74, 6) is -5.81. The molecule has 0 amide bonds. The monoisotopic (exact) mass is 177 g/mol. The summed E-state index contributed by atoms with van der Waals surface area (Å²) in [4.78, 5) is 27.2. The molecule has 7 heteroatoms. The van der Waals surface area contributed by atoms with Crippen molar-refractivity contribution in [3.05, 3.63) is 0 Å². The minimum Gasteiger partial charge on any atom is -0.547 e. The van der Waals surface area contributed by atoms with Crippen LogP contribution in [0.3, 0.4) is 0 Å². The predicted molar refractivity (Wildman–Crippen MR) is 26.7 cm³/mol. The molecule has 7 nitrogen and oxygen atoms in total. The molecule has 12 heavy (non-hydrogen) atoms. The van der Waals surface area contributed by atoms with Crippen molar-refractivity contribution in [2.75, 3.05) is 0 Å². The molecule has 1 atom stereocenters. The molecule has 0 aromatic heterocycles. The number of hydrogen-bond acceptors (Lipinski definition) is 7. The van der Waals surface area contributed by atoms with Crippen molar-refractivity contribution >= 4 is 17.9 Å². The Morgan fingerprint density at radius 2 is 1.25 bits per heavy atom. The lowest BCUT2D eigenvalue weighted by atomic mass is 10.4. The van der Waals surface area contributed by atoms with Gasteiger partial charge in [-0.1, -0.05) is 0 Å². The SMILES string of the molecule is CC(O)C(=O)[O-].O=C([O-])C(=O)[O-]. The van der Waals surface area contributed by atoms with Gasteiger partial charge in [0, 0.05) is 0 Å². The molecule has 0 aliphatic rings. The van der Waals surface area contributed by atoms with Crippen molar-refractivity contribution in [3.8, 4) is 0 Å². The quantitative estimate of drug-likeness (QED) is 0.394. The molecule has 0 radical (unpaired) electrons. The fourth-order valence-corrected chi connectivity index (χ4v) is 0. The first-order valence-corrected chi connectivity index (χ1v) is 2.60. The Labute approximate surface area is 66.9 Å². The lowest BCUT2D eigenvalue weighted by molar-refractivity contribution is -0.345. The Morgan fingerprint density at radius 3 is 1.25 bits per heavy atom. The summed E-state index contributed by atoms with van der Waals surface area (Å²) in [6, 6.07) is 0. The molecular weight excluding hydrogens is 172 g/mol. The van der Waals surface area contributed by atoms with Crippen LogP contribution in [-0.2, 0) is 14.4 Å². The van der Waals surface area contributed by atoms with Crippen LogP contribution in [0.15, 0.2) is 0 Å². The number of carbonyl (C=O) groups is 3. The lowest BCUT2D eigenvalue weighted by Crippen LogP contribution is -2.42. The zero-order chi connectivity index (χ0) is 10.3. The summed E-state index contributed by atoms with van der Waals surface area (Å²) in [6.45, 7) is 1.13.